The second-order valence-electron chi connectivity index (χ2n) is 6.96. The molecular formula is C23H19NO3. The van der Waals surface area contributed by atoms with Crippen molar-refractivity contribution in [1.82, 2.24) is 4.90 Å². The molecule has 1 aliphatic heterocycles. The summed E-state index contributed by atoms with van der Waals surface area (Å²) in [5.41, 5.74) is 2.49. The molecule has 0 saturated carbocycles. The molecule has 0 saturated heterocycles. The lowest BCUT2D eigenvalue weighted by molar-refractivity contribution is 0.0620. The zero-order valence-corrected chi connectivity index (χ0v) is 15.0. The molecule has 1 aliphatic rings. The van der Waals surface area contributed by atoms with Crippen LogP contribution in [0.25, 0.3) is 21.7 Å². The summed E-state index contributed by atoms with van der Waals surface area (Å²) in [4.78, 5) is 14.7. The van der Waals surface area contributed by atoms with E-state index < -0.39 is 0 Å². The minimum absolute atomic E-state index is 0.196. The van der Waals surface area contributed by atoms with E-state index in [1.165, 1.54) is 5.56 Å². The zero-order chi connectivity index (χ0) is 18.4. The number of hydrogen-bond acceptors (Lipinski definition) is 4. The van der Waals surface area contributed by atoms with Crippen molar-refractivity contribution >= 4 is 21.7 Å². The van der Waals surface area contributed by atoms with Crippen LogP contribution in [0.15, 0.2) is 75.9 Å². The fraction of sp³-hybridized carbons (Fsp3) is 0.174. The monoisotopic (exact) mass is 357 g/mol. The van der Waals surface area contributed by atoms with Crippen LogP contribution in [0.4, 0.5) is 0 Å². The number of nitrogens with zero attached hydrogens (tertiary/aromatic N) is 1. The molecule has 134 valence electrons. The lowest BCUT2D eigenvalue weighted by Gasteiger charge is -2.34. The highest BCUT2D eigenvalue weighted by Gasteiger charge is 2.26. The number of ether oxygens (including phenoxy) is 1. The van der Waals surface area contributed by atoms with Crippen molar-refractivity contribution in [3.05, 3.63) is 88.3 Å². The molecule has 4 heteroatoms. The van der Waals surface area contributed by atoms with E-state index in [0.29, 0.717) is 24.2 Å². The average Bonchev–Trinajstić information content (AvgIpc) is 2.73. The maximum Gasteiger partial charge on any atom is 0.344 e. The van der Waals surface area contributed by atoms with Gasteiger partial charge in [0.2, 0.25) is 0 Å². The quantitative estimate of drug-likeness (QED) is 0.380. The third-order valence-corrected chi connectivity index (χ3v) is 5.43. The number of fused-ring (bicyclic) bond motifs is 5. The summed E-state index contributed by atoms with van der Waals surface area (Å²) < 4.78 is 11.7. The van der Waals surface area contributed by atoms with Gasteiger partial charge in [0, 0.05) is 18.0 Å². The average molecular weight is 357 g/mol. The van der Waals surface area contributed by atoms with Crippen molar-refractivity contribution in [2.75, 3.05) is 6.73 Å². The van der Waals surface area contributed by atoms with Gasteiger partial charge in [-0.2, -0.15) is 0 Å². The predicted molar refractivity (Wildman–Crippen MR) is 106 cm³/mol. The van der Waals surface area contributed by atoms with Gasteiger partial charge in [-0.15, -0.1) is 0 Å². The molecule has 3 aromatic carbocycles. The second kappa shape index (κ2) is 6.25. The SMILES string of the molecule is CC(c1ccccc1)N1COc2ccc3c(oc(=O)c4ccccc43)c2C1. The molecule has 1 atom stereocenters. The molecule has 0 bridgehead atoms. The zero-order valence-electron chi connectivity index (χ0n) is 15.0. The summed E-state index contributed by atoms with van der Waals surface area (Å²) in [7, 11) is 0. The summed E-state index contributed by atoms with van der Waals surface area (Å²) in [6, 6.07) is 22.1. The Hall–Kier alpha value is -3.11. The van der Waals surface area contributed by atoms with Gasteiger partial charge in [0.1, 0.15) is 18.1 Å². The first-order valence-corrected chi connectivity index (χ1v) is 9.11. The molecule has 0 radical (unpaired) electrons. The standard InChI is InChI=1S/C23H19NO3/c1-15(16-7-3-2-4-8-16)24-13-20-21(26-14-24)12-11-18-17-9-5-6-10-19(17)23(25)27-22(18)20/h2-12,15H,13-14H2,1H3. The number of rotatable bonds is 2. The maximum absolute atomic E-state index is 12.5. The van der Waals surface area contributed by atoms with Crippen LogP contribution >= 0.6 is 0 Å². The van der Waals surface area contributed by atoms with Crippen LogP contribution in [0.5, 0.6) is 5.75 Å². The van der Waals surface area contributed by atoms with Crippen LogP contribution < -0.4 is 10.4 Å². The van der Waals surface area contributed by atoms with E-state index in [0.717, 1.165) is 22.1 Å². The van der Waals surface area contributed by atoms with E-state index >= 15 is 0 Å². The molecule has 0 fully saturated rings. The Bertz CT molecular complexity index is 1200. The Balaban J connectivity index is 1.64. The van der Waals surface area contributed by atoms with Gasteiger partial charge in [0.25, 0.3) is 0 Å². The molecule has 27 heavy (non-hydrogen) atoms. The Morgan fingerprint density at radius 1 is 0.889 bits per heavy atom. The molecule has 1 aromatic heterocycles. The lowest BCUT2D eigenvalue weighted by Crippen LogP contribution is -2.34. The largest absolute Gasteiger partial charge is 0.478 e. The van der Waals surface area contributed by atoms with E-state index in [-0.39, 0.29) is 11.7 Å². The molecule has 4 nitrogen and oxygen atoms in total. The van der Waals surface area contributed by atoms with Crippen LogP contribution in [0, 0.1) is 0 Å². The van der Waals surface area contributed by atoms with Gasteiger partial charge in [-0.05, 0) is 36.1 Å². The third kappa shape index (κ3) is 2.61. The first-order valence-electron chi connectivity index (χ1n) is 9.11. The molecular weight excluding hydrogens is 338 g/mol. The Kier molecular flexibility index (Phi) is 3.73. The Morgan fingerprint density at radius 3 is 2.44 bits per heavy atom. The molecule has 1 unspecified atom stereocenters. The normalized spacial score (nSPS) is 15.4. The van der Waals surface area contributed by atoms with Gasteiger partial charge in [-0.3, -0.25) is 4.90 Å². The fourth-order valence-corrected chi connectivity index (χ4v) is 3.86. The number of hydrogen-bond donors (Lipinski definition) is 0. The highest BCUT2D eigenvalue weighted by molar-refractivity contribution is 6.05. The molecule has 4 aromatic rings. The van der Waals surface area contributed by atoms with E-state index in [1.807, 2.05) is 48.5 Å². The minimum Gasteiger partial charge on any atom is -0.478 e. The van der Waals surface area contributed by atoms with Crippen molar-refractivity contribution < 1.29 is 9.15 Å². The van der Waals surface area contributed by atoms with Gasteiger partial charge in [0.15, 0.2) is 0 Å². The van der Waals surface area contributed by atoms with Crippen molar-refractivity contribution in [2.24, 2.45) is 0 Å². The molecule has 0 spiro atoms. The minimum atomic E-state index is -0.306. The van der Waals surface area contributed by atoms with Crippen LogP contribution in [-0.2, 0) is 6.54 Å². The maximum atomic E-state index is 12.5. The van der Waals surface area contributed by atoms with Crippen LogP contribution in [0.3, 0.4) is 0 Å². The fourth-order valence-electron chi connectivity index (χ4n) is 3.86. The smallest absolute Gasteiger partial charge is 0.344 e. The van der Waals surface area contributed by atoms with Crippen molar-refractivity contribution in [3.63, 3.8) is 0 Å². The van der Waals surface area contributed by atoms with E-state index in [1.54, 1.807) is 6.07 Å². The summed E-state index contributed by atoms with van der Waals surface area (Å²) in [5.74, 6) is 0.789. The summed E-state index contributed by atoms with van der Waals surface area (Å²) in [6.07, 6.45) is 0. The van der Waals surface area contributed by atoms with E-state index in [9.17, 15) is 4.79 Å². The lowest BCUT2D eigenvalue weighted by atomic mass is 10.0. The Morgan fingerprint density at radius 2 is 1.63 bits per heavy atom. The predicted octanol–water partition coefficient (Wildman–Crippen LogP) is 4.86. The molecule has 0 amide bonds. The third-order valence-electron chi connectivity index (χ3n) is 5.43. The number of benzene rings is 3. The van der Waals surface area contributed by atoms with Crippen molar-refractivity contribution in [3.8, 4) is 5.75 Å². The first kappa shape index (κ1) is 16.1. The molecule has 2 heterocycles. The van der Waals surface area contributed by atoms with Crippen LogP contribution in [0.2, 0.25) is 0 Å². The first-order chi connectivity index (χ1) is 13.2. The highest BCUT2D eigenvalue weighted by Crippen LogP contribution is 2.36. The van der Waals surface area contributed by atoms with Crippen molar-refractivity contribution in [2.45, 2.75) is 19.5 Å². The van der Waals surface area contributed by atoms with Gasteiger partial charge in [-0.1, -0.05) is 48.5 Å². The van der Waals surface area contributed by atoms with Crippen LogP contribution in [0.1, 0.15) is 24.1 Å². The highest BCUT2D eigenvalue weighted by atomic mass is 16.5. The second-order valence-corrected chi connectivity index (χ2v) is 6.96. The molecule has 0 aliphatic carbocycles. The van der Waals surface area contributed by atoms with Gasteiger partial charge < -0.3 is 9.15 Å². The van der Waals surface area contributed by atoms with Crippen LogP contribution in [-0.4, -0.2) is 11.6 Å². The molecule has 5 rings (SSSR count). The van der Waals surface area contributed by atoms with Gasteiger partial charge in [0.05, 0.1) is 10.9 Å². The van der Waals surface area contributed by atoms with Gasteiger partial charge in [-0.25, -0.2) is 4.79 Å². The van der Waals surface area contributed by atoms with Gasteiger partial charge >= 0.3 is 5.63 Å². The van der Waals surface area contributed by atoms with E-state index in [4.69, 9.17) is 9.15 Å². The van der Waals surface area contributed by atoms with E-state index in [2.05, 4.69) is 24.0 Å². The Labute approximate surface area is 156 Å². The summed E-state index contributed by atoms with van der Waals surface area (Å²) >= 11 is 0. The molecule has 0 N–H and O–H groups in total. The van der Waals surface area contributed by atoms with Crippen molar-refractivity contribution in [1.29, 1.82) is 0 Å². The summed E-state index contributed by atoms with van der Waals surface area (Å²) in [5, 5.41) is 2.47. The summed E-state index contributed by atoms with van der Waals surface area (Å²) in [6.45, 7) is 3.34. The topological polar surface area (TPSA) is 42.7 Å².